The molecule has 148 valence electrons. The summed E-state index contributed by atoms with van der Waals surface area (Å²) in [5.41, 5.74) is 1.69. The standard InChI is InChI=1S/C20H25ClN6O/c1-15-13-18(25-7-2-3-8-25)24-19(22-15)26-9-11-27(12-10-26)20(28)23-17-6-4-5-16(21)14-17/h4-6,13-14H,2-3,7-12H2,1H3,(H,23,28). The fourth-order valence-corrected chi connectivity index (χ4v) is 3.85. The third kappa shape index (κ3) is 4.30. The van der Waals surface area contributed by atoms with Crippen molar-refractivity contribution in [2.24, 2.45) is 0 Å². The minimum absolute atomic E-state index is 0.107. The normalized spacial score (nSPS) is 17.1. The number of anilines is 3. The highest BCUT2D eigenvalue weighted by molar-refractivity contribution is 6.30. The van der Waals surface area contributed by atoms with E-state index < -0.39 is 0 Å². The van der Waals surface area contributed by atoms with Gasteiger partial charge in [-0.2, -0.15) is 4.98 Å². The van der Waals surface area contributed by atoms with Crippen LogP contribution in [0.25, 0.3) is 0 Å². The Hall–Kier alpha value is -2.54. The molecule has 1 aromatic heterocycles. The number of hydrogen-bond acceptors (Lipinski definition) is 5. The van der Waals surface area contributed by atoms with Gasteiger partial charge in [0.25, 0.3) is 0 Å². The third-order valence-electron chi connectivity index (χ3n) is 5.18. The third-order valence-corrected chi connectivity index (χ3v) is 5.42. The molecule has 2 fully saturated rings. The molecule has 0 atom stereocenters. The number of nitrogens with zero attached hydrogens (tertiary/aromatic N) is 5. The maximum absolute atomic E-state index is 12.5. The van der Waals surface area contributed by atoms with Crippen LogP contribution in [-0.4, -0.2) is 60.2 Å². The Kier molecular flexibility index (Phi) is 5.52. The highest BCUT2D eigenvalue weighted by Crippen LogP contribution is 2.22. The van der Waals surface area contributed by atoms with Crippen molar-refractivity contribution in [1.29, 1.82) is 0 Å². The van der Waals surface area contributed by atoms with E-state index in [4.69, 9.17) is 16.6 Å². The Morgan fingerprint density at radius 3 is 2.46 bits per heavy atom. The maximum Gasteiger partial charge on any atom is 0.321 e. The second kappa shape index (κ2) is 8.22. The molecule has 2 aromatic rings. The predicted octanol–water partition coefficient (Wildman–Crippen LogP) is 3.39. The van der Waals surface area contributed by atoms with E-state index in [1.165, 1.54) is 12.8 Å². The second-order valence-electron chi connectivity index (χ2n) is 7.28. The molecule has 0 aliphatic carbocycles. The van der Waals surface area contributed by atoms with Crippen molar-refractivity contribution < 1.29 is 4.79 Å². The SMILES string of the molecule is Cc1cc(N2CCCC2)nc(N2CCN(C(=O)Nc3cccc(Cl)c3)CC2)n1. The monoisotopic (exact) mass is 400 g/mol. The van der Waals surface area contributed by atoms with Crippen molar-refractivity contribution >= 4 is 35.1 Å². The summed E-state index contributed by atoms with van der Waals surface area (Å²) in [6.07, 6.45) is 2.44. The van der Waals surface area contributed by atoms with Crippen molar-refractivity contribution in [3.05, 3.63) is 41.0 Å². The summed E-state index contributed by atoms with van der Waals surface area (Å²) >= 11 is 5.98. The number of carbonyl (C=O) groups is 1. The van der Waals surface area contributed by atoms with Crippen LogP contribution in [0.15, 0.2) is 30.3 Å². The molecule has 2 amide bonds. The van der Waals surface area contributed by atoms with Crippen molar-refractivity contribution in [2.45, 2.75) is 19.8 Å². The maximum atomic E-state index is 12.5. The fourth-order valence-electron chi connectivity index (χ4n) is 3.66. The first kappa shape index (κ1) is 18.8. The van der Waals surface area contributed by atoms with Gasteiger partial charge >= 0.3 is 6.03 Å². The lowest BCUT2D eigenvalue weighted by Gasteiger charge is -2.35. The zero-order chi connectivity index (χ0) is 19.5. The van der Waals surface area contributed by atoms with Crippen molar-refractivity contribution in [3.63, 3.8) is 0 Å². The molecule has 2 aliphatic rings. The molecule has 0 spiro atoms. The summed E-state index contributed by atoms with van der Waals surface area (Å²) in [6, 6.07) is 9.14. The molecule has 1 aromatic carbocycles. The van der Waals surface area contributed by atoms with Gasteiger partial charge in [0.05, 0.1) is 0 Å². The first-order chi connectivity index (χ1) is 13.6. The average Bonchev–Trinajstić information content (AvgIpc) is 3.22. The molecule has 4 rings (SSSR count). The van der Waals surface area contributed by atoms with Crippen LogP contribution in [0.3, 0.4) is 0 Å². The number of carbonyl (C=O) groups excluding carboxylic acids is 1. The van der Waals surface area contributed by atoms with Gasteiger partial charge in [0.2, 0.25) is 5.95 Å². The van der Waals surface area contributed by atoms with Gasteiger partial charge < -0.3 is 20.0 Å². The Morgan fingerprint density at radius 2 is 1.75 bits per heavy atom. The lowest BCUT2D eigenvalue weighted by Crippen LogP contribution is -2.50. The Labute approximate surface area is 170 Å². The molecule has 3 heterocycles. The highest BCUT2D eigenvalue weighted by atomic mass is 35.5. The van der Waals surface area contributed by atoms with E-state index in [9.17, 15) is 4.79 Å². The van der Waals surface area contributed by atoms with Gasteiger partial charge in [-0.25, -0.2) is 9.78 Å². The van der Waals surface area contributed by atoms with Crippen LogP contribution >= 0.6 is 11.6 Å². The molecule has 0 saturated carbocycles. The van der Waals surface area contributed by atoms with Crippen molar-refractivity contribution in [3.8, 4) is 0 Å². The number of benzene rings is 1. The molecule has 1 N–H and O–H groups in total. The number of aryl methyl sites for hydroxylation is 1. The largest absolute Gasteiger partial charge is 0.356 e. The van der Waals surface area contributed by atoms with Crippen LogP contribution in [0, 0.1) is 6.92 Å². The zero-order valence-electron chi connectivity index (χ0n) is 16.1. The van der Waals surface area contributed by atoms with Crippen LogP contribution in [0.4, 0.5) is 22.2 Å². The molecule has 2 aliphatic heterocycles. The number of rotatable bonds is 3. The molecular weight excluding hydrogens is 376 g/mol. The van der Waals surface area contributed by atoms with Gasteiger partial charge in [0.15, 0.2) is 0 Å². The number of urea groups is 1. The minimum Gasteiger partial charge on any atom is -0.356 e. The van der Waals surface area contributed by atoms with Crippen LogP contribution in [0.5, 0.6) is 0 Å². The van der Waals surface area contributed by atoms with Crippen LogP contribution in [0.1, 0.15) is 18.5 Å². The first-order valence-corrected chi connectivity index (χ1v) is 10.1. The Bertz CT molecular complexity index is 846. The Morgan fingerprint density at radius 1 is 1.00 bits per heavy atom. The summed E-state index contributed by atoms with van der Waals surface area (Å²) in [5, 5.41) is 3.51. The van der Waals surface area contributed by atoms with Crippen LogP contribution in [0.2, 0.25) is 5.02 Å². The lowest BCUT2D eigenvalue weighted by atomic mass is 10.3. The quantitative estimate of drug-likeness (QED) is 0.855. The number of aromatic nitrogens is 2. The topological polar surface area (TPSA) is 64.6 Å². The van der Waals surface area contributed by atoms with E-state index in [0.717, 1.165) is 30.5 Å². The number of piperazine rings is 1. The smallest absolute Gasteiger partial charge is 0.321 e. The number of amides is 2. The zero-order valence-corrected chi connectivity index (χ0v) is 16.8. The van der Waals surface area contributed by atoms with Crippen LogP contribution in [-0.2, 0) is 0 Å². The summed E-state index contributed by atoms with van der Waals surface area (Å²) < 4.78 is 0. The van der Waals surface area contributed by atoms with E-state index in [1.807, 2.05) is 24.0 Å². The van der Waals surface area contributed by atoms with Gasteiger partial charge in [-0.15, -0.1) is 0 Å². The average molecular weight is 401 g/mol. The molecule has 28 heavy (non-hydrogen) atoms. The van der Waals surface area contributed by atoms with Crippen molar-refractivity contribution in [1.82, 2.24) is 14.9 Å². The second-order valence-corrected chi connectivity index (χ2v) is 7.71. The molecule has 8 heteroatoms. The summed E-state index contributed by atoms with van der Waals surface area (Å²) in [6.45, 7) is 6.82. The Balaban J connectivity index is 1.38. The van der Waals surface area contributed by atoms with E-state index in [1.54, 1.807) is 12.1 Å². The van der Waals surface area contributed by atoms with E-state index >= 15 is 0 Å². The van der Waals surface area contributed by atoms with Gasteiger partial charge in [0, 0.05) is 61.7 Å². The van der Waals surface area contributed by atoms with E-state index in [0.29, 0.717) is 36.9 Å². The molecule has 0 bridgehead atoms. The summed E-state index contributed by atoms with van der Waals surface area (Å²) in [5.74, 6) is 1.78. The number of halogens is 1. The summed E-state index contributed by atoms with van der Waals surface area (Å²) in [7, 11) is 0. The minimum atomic E-state index is -0.107. The summed E-state index contributed by atoms with van der Waals surface area (Å²) in [4.78, 5) is 28.2. The highest BCUT2D eigenvalue weighted by Gasteiger charge is 2.24. The predicted molar refractivity (Wildman–Crippen MR) is 112 cm³/mol. The number of nitrogens with one attached hydrogen (secondary N) is 1. The van der Waals surface area contributed by atoms with E-state index in [2.05, 4.69) is 26.2 Å². The van der Waals surface area contributed by atoms with Crippen molar-refractivity contribution in [2.75, 3.05) is 54.4 Å². The molecule has 7 nitrogen and oxygen atoms in total. The van der Waals surface area contributed by atoms with Gasteiger partial charge in [-0.05, 0) is 38.0 Å². The van der Waals surface area contributed by atoms with Gasteiger partial charge in [0.1, 0.15) is 5.82 Å². The molecule has 2 saturated heterocycles. The van der Waals surface area contributed by atoms with Crippen LogP contribution < -0.4 is 15.1 Å². The van der Waals surface area contributed by atoms with Gasteiger partial charge in [-0.1, -0.05) is 17.7 Å². The first-order valence-electron chi connectivity index (χ1n) is 9.75. The molecular formula is C20H25ClN6O. The lowest BCUT2D eigenvalue weighted by molar-refractivity contribution is 0.208. The molecule has 0 unspecified atom stereocenters. The molecule has 0 radical (unpaired) electrons. The van der Waals surface area contributed by atoms with E-state index in [-0.39, 0.29) is 6.03 Å². The van der Waals surface area contributed by atoms with Gasteiger partial charge in [-0.3, -0.25) is 0 Å². The fraction of sp³-hybridized carbons (Fsp3) is 0.450. The number of hydrogen-bond donors (Lipinski definition) is 1.